The monoisotopic (exact) mass is 414 g/mol. The Labute approximate surface area is 179 Å². The van der Waals surface area contributed by atoms with Gasteiger partial charge in [0.2, 0.25) is 0 Å². The number of hydrogen-bond donors (Lipinski definition) is 0. The van der Waals surface area contributed by atoms with E-state index >= 15 is 0 Å². The molecule has 0 N–H and O–H groups in total. The molecule has 1 aliphatic rings. The Morgan fingerprint density at radius 2 is 2.03 bits per heavy atom. The van der Waals surface area contributed by atoms with Gasteiger partial charge in [-0.25, -0.2) is 0 Å². The molecule has 0 unspecified atom stereocenters. The second-order valence-corrected chi connectivity index (χ2v) is 7.85. The fourth-order valence-corrected chi connectivity index (χ4v) is 3.90. The van der Waals surface area contributed by atoms with Crippen LogP contribution < -0.4 is 0 Å². The Morgan fingerprint density at radius 1 is 1.16 bits per heavy atom. The highest BCUT2D eigenvalue weighted by Crippen LogP contribution is 2.33. The van der Waals surface area contributed by atoms with Gasteiger partial charge >= 0.3 is 0 Å². The lowest BCUT2D eigenvalue weighted by Gasteiger charge is -2.04. The molecule has 0 saturated heterocycles. The number of carbonyl (C=O) groups is 1. The number of aryl methyl sites for hydroxylation is 4. The average Bonchev–Trinajstić information content (AvgIpc) is 3.52. The fraction of sp³-hybridized carbons (Fsp3) is 0.261. The average molecular weight is 414 g/mol. The minimum Gasteiger partial charge on any atom is -0.334 e. The van der Waals surface area contributed by atoms with Crippen LogP contribution in [0.25, 0.3) is 22.9 Å². The summed E-state index contributed by atoms with van der Waals surface area (Å²) in [7, 11) is 3.73. The van der Waals surface area contributed by atoms with Crippen LogP contribution in [0.2, 0.25) is 0 Å². The van der Waals surface area contributed by atoms with Gasteiger partial charge in [-0.1, -0.05) is 17.3 Å². The van der Waals surface area contributed by atoms with Gasteiger partial charge in [0.05, 0.1) is 11.4 Å². The topological polar surface area (TPSA) is 91.6 Å². The minimum atomic E-state index is 0.0163. The molecule has 156 valence electrons. The third-order valence-corrected chi connectivity index (χ3v) is 5.50. The third-order valence-electron chi connectivity index (χ3n) is 5.50. The second-order valence-electron chi connectivity index (χ2n) is 7.85. The van der Waals surface area contributed by atoms with Gasteiger partial charge in [0, 0.05) is 44.3 Å². The van der Waals surface area contributed by atoms with Gasteiger partial charge in [0.1, 0.15) is 5.69 Å². The van der Waals surface area contributed by atoms with Crippen molar-refractivity contribution in [3.63, 3.8) is 0 Å². The molecule has 3 heterocycles. The van der Waals surface area contributed by atoms with Crippen molar-refractivity contribution >= 4 is 17.4 Å². The molecule has 5 rings (SSSR count). The van der Waals surface area contributed by atoms with E-state index in [-0.39, 0.29) is 5.78 Å². The molecule has 0 bridgehead atoms. The largest absolute Gasteiger partial charge is 0.334 e. The molecule has 8 heteroatoms. The lowest BCUT2D eigenvalue weighted by atomic mass is 10.0. The maximum atomic E-state index is 12.7. The van der Waals surface area contributed by atoms with E-state index in [1.54, 1.807) is 9.36 Å². The van der Waals surface area contributed by atoms with E-state index in [4.69, 9.17) is 4.52 Å². The minimum absolute atomic E-state index is 0.0163. The summed E-state index contributed by atoms with van der Waals surface area (Å²) in [5.74, 6) is 1.21. The van der Waals surface area contributed by atoms with Crippen LogP contribution in [0.1, 0.15) is 45.4 Å². The molecule has 0 radical (unpaired) electrons. The molecule has 1 aliphatic carbocycles. The first-order valence-electron chi connectivity index (χ1n) is 10.2. The van der Waals surface area contributed by atoms with Gasteiger partial charge in [-0.3, -0.25) is 14.2 Å². The highest BCUT2D eigenvalue weighted by atomic mass is 16.5. The quantitative estimate of drug-likeness (QED) is 0.449. The number of nitrogens with zero attached hydrogens (tertiary/aromatic N) is 6. The summed E-state index contributed by atoms with van der Waals surface area (Å²) >= 11 is 0. The maximum Gasteiger partial charge on any atom is 0.254 e. The van der Waals surface area contributed by atoms with Crippen molar-refractivity contribution in [1.29, 1.82) is 0 Å². The zero-order valence-electron chi connectivity index (χ0n) is 17.7. The molecule has 4 aromatic rings. The molecular formula is C23H22N6O2. The predicted octanol–water partition coefficient (Wildman–Crippen LogP) is 3.42. The molecule has 31 heavy (non-hydrogen) atoms. The number of rotatable bonds is 6. The number of Topliss-reactive ketones (excluding diaryl/α,β-unsaturated/α-hetero) is 1. The van der Waals surface area contributed by atoms with E-state index in [0.717, 1.165) is 34.5 Å². The molecule has 0 saturated carbocycles. The Hall–Kier alpha value is -3.81. The SMILES string of the molecule is Cc1noc(C2=Cc3cc(-c4cc(C(=O)CCc5ccn(C)n5)nn4C)ccc3C2)n1. The van der Waals surface area contributed by atoms with Crippen molar-refractivity contribution in [2.45, 2.75) is 26.2 Å². The van der Waals surface area contributed by atoms with Gasteiger partial charge in [-0.2, -0.15) is 15.2 Å². The normalized spacial score (nSPS) is 12.8. The van der Waals surface area contributed by atoms with Gasteiger partial charge in [-0.05, 0) is 48.7 Å². The molecule has 0 spiro atoms. The Kier molecular flexibility index (Phi) is 4.62. The summed E-state index contributed by atoms with van der Waals surface area (Å²) < 4.78 is 8.82. The first-order valence-corrected chi connectivity index (χ1v) is 10.2. The number of benzene rings is 1. The van der Waals surface area contributed by atoms with Crippen LogP contribution in [0.4, 0.5) is 0 Å². The number of hydrogen-bond acceptors (Lipinski definition) is 6. The lowest BCUT2D eigenvalue weighted by Crippen LogP contribution is -2.04. The first kappa shape index (κ1) is 19.2. The molecule has 8 nitrogen and oxygen atoms in total. The zero-order valence-corrected chi connectivity index (χ0v) is 17.7. The highest BCUT2D eigenvalue weighted by Gasteiger charge is 2.20. The van der Waals surface area contributed by atoms with Crippen LogP contribution in [-0.2, 0) is 26.9 Å². The van der Waals surface area contributed by atoms with Crippen LogP contribution in [0.15, 0.2) is 41.1 Å². The maximum absolute atomic E-state index is 12.7. The molecule has 0 amide bonds. The standard InChI is InChI=1S/C23H22N6O2/c1-14-24-23(31-27-14)18-10-15-4-5-16(11-17(15)12-18)21-13-20(26-29(21)3)22(30)7-6-19-8-9-28(2)25-19/h4-5,8-9,11-13H,6-7,10H2,1-3H3. The van der Waals surface area contributed by atoms with Crippen molar-refractivity contribution in [2.75, 3.05) is 0 Å². The summed E-state index contributed by atoms with van der Waals surface area (Å²) in [4.78, 5) is 17.0. The van der Waals surface area contributed by atoms with Crippen LogP contribution >= 0.6 is 0 Å². The van der Waals surface area contributed by atoms with E-state index in [9.17, 15) is 4.79 Å². The zero-order chi connectivity index (χ0) is 21.5. The van der Waals surface area contributed by atoms with E-state index in [0.29, 0.717) is 30.3 Å². The van der Waals surface area contributed by atoms with Gasteiger partial charge < -0.3 is 4.52 Å². The Bertz CT molecular complexity index is 1320. The first-order chi connectivity index (χ1) is 15.0. The van der Waals surface area contributed by atoms with Crippen molar-refractivity contribution in [3.8, 4) is 11.3 Å². The van der Waals surface area contributed by atoms with Gasteiger partial charge in [0.15, 0.2) is 11.6 Å². The van der Waals surface area contributed by atoms with E-state index in [1.165, 1.54) is 5.56 Å². The number of aromatic nitrogens is 6. The smallest absolute Gasteiger partial charge is 0.254 e. The summed E-state index contributed by atoms with van der Waals surface area (Å²) in [5.41, 5.74) is 6.64. The second kappa shape index (κ2) is 7.46. The van der Waals surface area contributed by atoms with Crippen molar-refractivity contribution in [3.05, 3.63) is 70.8 Å². The van der Waals surface area contributed by atoms with Gasteiger partial charge in [0.25, 0.3) is 5.89 Å². The summed E-state index contributed by atoms with van der Waals surface area (Å²) in [6, 6.07) is 10.1. The number of fused-ring (bicyclic) bond motifs is 1. The molecule has 3 aromatic heterocycles. The predicted molar refractivity (Wildman–Crippen MR) is 115 cm³/mol. The molecule has 0 atom stereocenters. The van der Waals surface area contributed by atoms with Crippen LogP contribution in [0.3, 0.4) is 0 Å². The van der Waals surface area contributed by atoms with Crippen molar-refractivity contribution < 1.29 is 9.32 Å². The summed E-state index contributed by atoms with van der Waals surface area (Å²) in [6.07, 6.45) is 5.72. The highest BCUT2D eigenvalue weighted by molar-refractivity contribution is 5.95. The number of ketones is 1. The van der Waals surface area contributed by atoms with E-state index in [1.807, 2.05) is 39.3 Å². The molecule has 1 aromatic carbocycles. The van der Waals surface area contributed by atoms with Crippen molar-refractivity contribution in [2.24, 2.45) is 14.1 Å². The Morgan fingerprint density at radius 3 is 2.77 bits per heavy atom. The summed E-state index contributed by atoms with van der Waals surface area (Å²) in [5, 5.41) is 12.7. The molecule has 0 fully saturated rings. The lowest BCUT2D eigenvalue weighted by molar-refractivity contribution is 0.0977. The molecule has 0 aliphatic heterocycles. The number of carbonyl (C=O) groups excluding carboxylic acids is 1. The van der Waals surface area contributed by atoms with E-state index < -0.39 is 0 Å². The van der Waals surface area contributed by atoms with Crippen LogP contribution in [0.5, 0.6) is 0 Å². The van der Waals surface area contributed by atoms with Crippen LogP contribution in [-0.4, -0.2) is 35.5 Å². The Balaban J connectivity index is 1.36. The van der Waals surface area contributed by atoms with Crippen molar-refractivity contribution in [1.82, 2.24) is 29.7 Å². The fourth-order valence-electron chi connectivity index (χ4n) is 3.90. The number of allylic oxidation sites excluding steroid dienone is 1. The summed E-state index contributed by atoms with van der Waals surface area (Å²) in [6.45, 7) is 1.81. The van der Waals surface area contributed by atoms with Crippen LogP contribution in [0, 0.1) is 6.92 Å². The van der Waals surface area contributed by atoms with E-state index in [2.05, 4.69) is 44.6 Å². The van der Waals surface area contributed by atoms with Gasteiger partial charge in [-0.15, -0.1) is 0 Å². The molecular weight excluding hydrogens is 392 g/mol. The third kappa shape index (κ3) is 3.72.